The molecule has 0 spiro atoms. The second-order valence-corrected chi connectivity index (χ2v) is 8.58. The SMILES string of the molecule is O=Cc1cn(C2CCC(CO[P+]3(O)OCc4cc(F)ccc4O3)O2)c(=O)[nH]c1=S. The van der Waals surface area contributed by atoms with Gasteiger partial charge < -0.3 is 4.74 Å². The summed E-state index contributed by atoms with van der Waals surface area (Å²) in [5, 5.41) is 0. The number of nitrogens with zero attached hydrogens (tertiary/aromatic N) is 1. The summed E-state index contributed by atoms with van der Waals surface area (Å²) in [4.78, 5) is 36.1. The average molecular weight is 443 g/mol. The van der Waals surface area contributed by atoms with Crippen LogP contribution in [0.2, 0.25) is 0 Å². The van der Waals surface area contributed by atoms with Crippen molar-refractivity contribution in [3.8, 4) is 5.75 Å². The maximum Gasteiger partial charge on any atom is 0.619 e. The van der Waals surface area contributed by atoms with E-state index in [9.17, 15) is 18.9 Å². The summed E-state index contributed by atoms with van der Waals surface area (Å²) in [6.45, 7) is -0.0753. The molecule has 3 atom stereocenters. The van der Waals surface area contributed by atoms with Gasteiger partial charge in [0.2, 0.25) is 0 Å². The van der Waals surface area contributed by atoms with Crippen molar-refractivity contribution in [2.24, 2.45) is 0 Å². The zero-order chi connectivity index (χ0) is 20.6. The highest BCUT2D eigenvalue weighted by atomic mass is 32.1. The van der Waals surface area contributed by atoms with Gasteiger partial charge in [-0.25, -0.2) is 9.18 Å². The molecule has 4 rings (SSSR count). The van der Waals surface area contributed by atoms with Crippen molar-refractivity contribution in [2.75, 3.05) is 6.61 Å². The number of halogens is 1. The van der Waals surface area contributed by atoms with Crippen LogP contribution in [0.15, 0.2) is 29.2 Å². The summed E-state index contributed by atoms with van der Waals surface area (Å²) in [6, 6.07) is 3.88. The van der Waals surface area contributed by atoms with E-state index in [1.54, 1.807) is 0 Å². The Balaban J connectivity index is 1.39. The van der Waals surface area contributed by atoms with Gasteiger partial charge >= 0.3 is 13.9 Å². The van der Waals surface area contributed by atoms with Crippen molar-refractivity contribution in [3.05, 3.63) is 56.5 Å². The van der Waals surface area contributed by atoms with Crippen LogP contribution in [-0.4, -0.2) is 33.4 Å². The molecule has 29 heavy (non-hydrogen) atoms. The molecule has 1 aromatic carbocycles. The number of nitrogens with one attached hydrogen (secondary N) is 1. The van der Waals surface area contributed by atoms with E-state index in [1.165, 1.54) is 29.0 Å². The molecule has 0 radical (unpaired) electrons. The van der Waals surface area contributed by atoms with Gasteiger partial charge in [-0.15, -0.1) is 9.05 Å². The molecule has 0 bridgehead atoms. The topological polar surface area (TPSA) is 112 Å². The predicted molar refractivity (Wildman–Crippen MR) is 101 cm³/mol. The standard InChI is InChI=1S/C17H16FN2O7PS/c18-12-1-3-14-10(5-12)8-24-28(23,27-14)25-9-13-2-4-15(26-13)20-6-11(7-21)16(29)19-17(20)22/h1,3,5-7,13,15,23H,2,4,8-9H2/p+1. The predicted octanol–water partition coefficient (Wildman–Crippen LogP) is 2.83. The minimum Gasteiger partial charge on any atom is -0.352 e. The fourth-order valence-electron chi connectivity index (χ4n) is 3.11. The Morgan fingerprint density at radius 2 is 2.28 bits per heavy atom. The van der Waals surface area contributed by atoms with Crippen molar-refractivity contribution in [3.63, 3.8) is 0 Å². The van der Waals surface area contributed by atoms with Gasteiger partial charge in [0, 0.05) is 11.8 Å². The smallest absolute Gasteiger partial charge is 0.352 e. The Morgan fingerprint density at radius 1 is 1.45 bits per heavy atom. The van der Waals surface area contributed by atoms with Crippen molar-refractivity contribution in [1.82, 2.24) is 9.55 Å². The maximum absolute atomic E-state index is 13.3. The van der Waals surface area contributed by atoms with E-state index in [4.69, 9.17) is 30.5 Å². The summed E-state index contributed by atoms with van der Waals surface area (Å²) < 4.78 is 36.5. The van der Waals surface area contributed by atoms with Gasteiger partial charge in [-0.1, -0.05) is 12.2 Å². The molecule has 1 fully saturated rings. The summed E-state index contributed by atoms with van der Waals surface area (Å²) in [6.07, 6.45) is 1.92. The first kappa shape index (κ1) is 20.3. The lowest BCUT2D eigenvalue weighted by Gasteiger charge is -2.22. The number of aromatic amines is 1. The van der Waals surface area contributed by atoms with Crippen LogP contribution in [0.5, 0.6) is 5.75 Å². The summed E-state index contributed by atoms with van der Waals surface area (Å²) >= 11 is 4.92. The molecule has 1 saturated heterocycles. The van der Waals surface area contributed by atoms with Crippen molar-refractivity contribution in [1.29, 1.82) is 0 Å². The van der Waals surface area contributed by atoms with E-state index in [0.29, 0.717) is 30.4 Å². The number of hydrogen-bond acceptors (Lipinski definition) is 8. The number of aldehydes is 1. The van der Waals surface area contributed by atoms with Gasteiger partial charge in [0.15, 0.2) is 12.0 Å². The summed E-state index contributed by atoms with van der Waals surface area (Å²) in [7, 11) is -3.62. The van der Waals surface area contributed by atoms with E-state index in [-0.39, 0.29) is 23.4 Å². The number of fused-ring (bicyclic) bond motifs is 1. The Bertz CT molecular complexity index is 1060. The Kier molecular flexibility index (Phi) is 5.60. The third-order valence-corrected chi connectivity index (χ3v) is 6.26. The lowest BCUT2D eigenvalue weighted by molar-refractivity contribution is -0.0301. The van der Waals surface area contributed by atoms with Crippen LogP contribution >= 0.6 is 20.4 Å². The van der Waals surface area contributed by atoms with Gasteiger partial charge in [0.05, 0.1) is 11.7 Å². The van der Waals surface area contributed by atoms with E-state index in [0.717, 1.165) is 0 Å². The van der Waals surface area contributed by atoms with Gasteiger partial charge in [0.1, 0.15) is 29.9 Å². The first-order chi connectivity index (χ1) is 13.9. The number of benzene rings is 1. The highest BCUT2D eigenvalue weighted by Crippen LogP contribution is 2.61. The highest BCUT2D eigenvalue weighted by Gasteiger charge is 2.51. The second-order valence-electron chi connectivity index (χ2n) is 6.54. The Morgan fingerprint density at radius 3 is 3.07 bits per heavy atom. The van der Waals surface area contributed by atoms with Crippen molar-refractivity contribution < 1.29 is 32.4 Å². The molecule has 2 aliphatic heterocycles. The first-order valence-corrected chi connectivity index (χ1v) is 10.6. The Labute approximate surface area is 169 Å². The lowest BCUT2D eigenvalue weighted by Crippen LogP contribution is -2.28. The monoisotopic (exact) mass is 443 g/mol. The van der Waals surface area contributed by atoms with Gasteiger partial charge in [-0.3, -0.25) is 18.9 Å². The molecule has 0 saturated carbocycles. The van der Waals surface area contributed by atoms with Crippen LogP contribution in [0, 0.1) is 10.5 Å². The van der Waals surface area contributed by atoms with E-state index >= 15 is 0 Å². The summed E-state index contributed by atoms with van der Waals surface area (Å²) in [5.74, 6) is -0.133. The maximum atomic E-state index is 13.3. The first-order valence-electron chi connectivity index (χ1n) is 8.72. The number of carbonyl (C=O) groups excluding carboxylic acids is 1. The minimum absolute atomic E-state index is 0.0323. The number of aromatic nitrogens is 2. The van der Waals surface area contributed by atoms with Crippen molar-refractivity contribution >= 4 is 26.7 Å². The molecule has 3 unspecified atom stereocenters. The molecular formula is C17H17FN2O7PS+. The van der Waals surface area contributed by atoms with Crippen LogP contribution in [0.4, 0.5) is 4.39 Å². The minimum atomic E-state index is -3.62. The molecule has 2 aliphatic rings. The fourth-order valence-corrected chi connectivity index (χ4v) is 4.56. The molecule has 0 aliphatic carbocycles. The highest BCUT2D eigenvalue weighted by molar-refractivity contribution is 7.71. The van der Waals surface area contributed by atoms with E-state index in [2.05, 4.69) is 4.98 Å². The average Bonchev–Trinajstić information content (AvgIpc) is 3.16. The molecule has 12 heteroatoms. The molecule has 3 heterocycles. The van der Waals surface area contributed by atoms with Gasteiger partial charge in [0.25, 0.3) is 0 Å². The molecule has 2 aromatic rings. The quantitative estimate of drug-likeness (QED) is 0.412. The molecule has 0 amide bonds. The number of ether oxygens (including phenoxy) is 1. The third kappa shape index (κ3) is 4.30. The normalized spacial score (nSPS) is 26.0. The van der Waals surface area contributed by atoms with Gasteiger partial charge in [-0.05, 0) is 31.0 Å². The molecular weight excluding hydrogens is 426 g/mol. The zero-order valence-electron chi connectivity index (χ0n) is 14.9. The van der Waals surface area contributed by atoms with Crippen molar-refractivity contribution in [2.45, 2.75) is 31.8 Å². The van der Waals surface area contributed by atoms with Crippen LogP contribution in [0.3, 0.4) is 0 Å². The molecule has 9 nitrogen and oxygen atoms in total. The van der Waals surface area contributed by atoms with Gasteiger partial charge in [-0.2, -0.15) is 4.89 Å². The molecule has 154 valence electrons. The van der Waals surface area contributed by atoms with Crippen LogP contribution < -0.4 is 10.2 Å². The molecule has 1 aromatic heterocycles. The second kappa shape index (κ2) is 8.02. The number of H-pyrrole nitrogens is 1. The third-order valence-electron chi connectivity index (χ3n) is 4.56. The molecule has 2 N–H and O–H groups in total. The van der Waals surface area contributed by atoms with Crippen LogP contribution in [0.1, 0.15) is 35.0 Å². The number of carbonyl (C=O) groups is 1. The lowest BCUT2D eigenvalue weighted by atomic mass is 10.2. The largest absolute Gasteiger partial charge is 0.619 e. The fraction of sp³-hybridized carbons (Fsp3) is 0.353. The Hall–Kier alpha value is -2.01. The van der Waals surface area contributed by atoms with E-state index < -0.39 is 32.0 Å². The summed E-state index contributed by atoms with van der Waals surface area (Å²) in [5.41, 5.74) is 0.172. The number of rotatable bonds is 5. The number of hydrogen-bond donors (Lipinski definition) is 2. The van der Waals surface area contributed by atoms with E-state index in [1.807, 2.05) is 0 Å². The van der Waals surface area contributed by atoms with Crippen LogP contribution in [0.25, 0.3) is 0 Å². The zero-order valence-corrected chi connectivity index (χ0v) is 16.7. The van der Waals surface area contributed by atoms with Crippen LogP contribution in [-0.2, 0) is 20.4 Å².